The van der Waals surface area contributed by atoms with Crippen LogP contribution >= 0.6 is 0 Å². The van der Waals surface area contributed by atoms with Crippen LogP contribution in [0.3, 0.4) is 0 Å². The van der Waals surface area contributed by atoms with Crippen molar-refractivity contribution in [2.45, 2.75) is 26.7 Å². The average molecular weight is 351 g/mol. The van der Waals surface area contributed by atoms with Crippen LogP contribution in [0.2, 0.25) is 0 Å². The molecule has 5 nitrogen and oxygen atoms in total. The van der Waals surface area contributed by atoms with Crippen LogP contribution in [0.5, 0.6) is 5.75 Å². The largest absolute Gasteiger partial charge is 0.426 e. The van der Waals surface area contributed by atoms with Gasteiger partial charge in [-0.3, -0.25) is 14.4 Å². The molecule has 1 atom stereocenters. The molecule has 0 N–H and O–H groups in total. The van der Waals surface area contributed by atoms with Crippen LogP contribution in [-0.4, -0.2) is 24.2 Å². The lowest BCUT2D eigenvalue weighted by Crippen LogP contribution is -2.27. The Labute approximate surface area is 152 Å². The Bertz CT molecular complexity index is 824. The lowest BCUT2D eigenvalue weighted by Gasteiger charge is -2.17. The van der Waals surface area contributed by atoms with Gasteiger partial charge in [-0.05, 0) is 55.3 Å². The number of anilines is 1. The first-order valence-electron chi connectivity index (χ1n) is 8.70. The minimum Gasteiger partial charge on any atom is -0.426 e. The molecule has 134 valence electrons. The quantitative estimate of drug-likeness (QED) is 0.470. The zero-order valence-corrected chi connectivity index (χ0v) is 14.9. The van der Waals surface area contributed by atoms with Gasteiger partial charge in [0.25, 0.3) is 0 Å². The van der Waals surface area contributed by atoms with Crippen molar-refractivity contribution in [3.63, 3.8) is 0 Å². The van der Waals surface area contributed by atoms with Crippen LogP contribution in [0.25, 0.3) is 0 Å². The van der Waals surface area contributed by atoms with E-state index in [-0.39, 0.29) is 18.1 Å². The minimum absolute atomic E-state index is 0.0472. The highest BCUT2D eigenvalue weighted by atomic mass is 16.5. The number of hydrogen-bond acceptors (Lipinski definition) is 4. The van der Waals surface area contributed by atoms with Gasteiger partial charge in [0.1, 0.15) is 5.75 Å². The van der Waals surface area contributed by atoms with E-state index in [2.05, 4.69) is 6.92 Å². The molecular weight excluding hydrogens is 330 g/mol. The number of benzene rings is 2. The maximum atomic E-state index is 12.4. The predicted octanol–water partition coefficient (Wildman–Crippen LogP) is 3.41. The normalized spacial score (nSPS) is 16.6. The zero-order valence-electron chi connectivity index (χ0n) is 14.9. The van der Waals surface area contributed by atoms with E-state index in [4.69, 9.17) is 4.74 Å². The molecule has 0 radical (unpaired) electrons. The SMILES string of the molecule is CCc1ccc(N2C[C@@H](C(=O)Oc3ccc(C(C)=O)cc3)CC2=O)cc1. The Morgan fingerprint density at radius 1 is 1.08 bits per heavy atom. The summed E-state index contributed by atoms with van der Waals surface area (Å²) >= 11 is 0. The Morgan fingerprint density at radius 3 is 2.31 bits per heavy atom. The van der Waals surface area contributed by atoms with Gasteiger partial charge in [0.2, 0.25) is 5.91 Å². The number of rotatable bonds is 5. The molecule has 1 aliphatic rings. The topological polar surface area (TPSA) is 63.7 Å². The third-order valence-corrected chi connectivity index (χ3v) is 4.59. The van der Waals surface area contributed by atoms with Gasteiger partial charge in [-0.25, -0.2) is 0 Å². The number of nitrogens with zero attached hydrogens (tertiary/aromatic N) is 1. The molecule has 0 aromatic heterocycles. The molecule has 2 aromatic carbocycles. The summed E-state index contributed by atoms with van der Waals surface area (Å²) in [6.45, 7) is 3.87. The monoisotopic (exact) mass is 351 g/mol. The van der Waals surface area contributed by atoms with Crippen LogP contribution in [0.15, 0.2) is 48.5 Å². The van der Waals surface area contributed by atoms with Gasteiger partial charge in [-0.1, -0.05) is 19.1 Å². The van der Waals surface area contributed by atoms with E-state index in [1.165, 1.54) is 12.5 Å². The molecule has 1 aliphatic heterocycles. The van der Waals surface area contributed by atoms with E-state index >= 15 is 0 Å². The first-order valence-corrected chi connectivity index (χ1v) is 8.70. The second-order valence-electron chi connectivity index (χ2n) is 6.43. The first-order chi connectivity index (χ1) is 12.5. The lowest BCUT2D eigenvalue weighted by atomic mass is 10.1. The molecule has 26 heavy (non-hydrogen) atoms. The third-order valence-electron chi connectivity index (χ3n) is 4.59. The van der Waals surface area contributed by atoms with E-state index in [1.807, 2.05) is 24.3 Å². The summed E-state index contributed by atoms with van der Waals surface area (Å²) in [5.41, 5.74) is 2.56. The summed E-state index contributed by atoms with van der Waals surface area (Å²) < 4.78 is 5.37. The number of Topliss-reactive ketones (excluding diaryl/α,β-unsaturated/α-hetero) is 1. The van der Waals surface area contributed by atoms with E-state index in [0.29, 0.717) is 17.9 Å². The second kappa shape index (κ2) is 7.52. The highest BCUT2D eigenvalue weighted by Crippen LogP contribution is 2.27. The van der Waals surface area contributed by atoms with Crippen molar-refractivity contribution in [1.82, 2.24) is 0 Å². The molecule has 0 unspecified atom stereocenters. The summed E-state index contributed by atoms with van der Waals surface area (Å²) in [5.74, 6) is -0.683. The Hall–Kier alpha value is -2.95. The summed E-state index contributed by atoms with van der Waals surface area (Å²) in [7, 11) is 0. The maximum Gasteiger partial charge on any atom is 0.316 e. The van der Waals surface area contributed by atoms with Crippen LogP contribution < -0.4 is 9.64 Å². The van der Waals surface area contributed by atoms with Gasteiger partial charge in [-0.2, -0.15) is 0 Å². The van der Waals surface area contributed by atoms with E-state index in [0.717, 1.165) is 12.1 Å². The molecule has 3 rings (SSSR count). The number of esters is 1. The number of carbonyl (C=O) groups is 3. The molecule has 0 aliphatic carbocycles. The van der Waals surface area contributed by atoms with Crippen molar-refractivity contribution >= 4 is 23.3 Å². The number of amides is 1. The Kier molecular flexibility index (Phi) is 5.16. The molecule has 1 amide bonds. The van der Waals surface area contributed by atoms with Crippen molar-refractivity contribution in [2.24, 2.45) is 5.92 Å². The molecular formula is C21H21NO4. The smallest absolute Gasteiger partial charge is 0.316 e. The fourth-order valence-electron chi connectivity index (χ4n) is 2.98. The van der Waals surface area contributed by atoms with Gasteiger partial charge < -0.3 is 9.64 Å². The van der Waals surface area contributed by atoms with Crippen molar-refractivity contribution in [2.75, 3.05) is 11.4 Å². The van der Waals surface area contributed by atoms with Crippen LogP contribution in [-0.2, 0) is 16.0 Å². The van der Waals surface area contributed by atoms with Crippen molar-refractivity contribution in [3.05, 3.63) is 59.7 Å². The van der Waals surface area contributed by atoms with Crippen LogP contribution in [0.4, 0.5) is 5.69 Å². The number of carbonyl (C=O) groups excluding carboxylic acids is 3. The highest BCUT2D eigenvalue weighted by Gasteiger charge is 2.36. The van der Waals surface area contributed by atoms with Crippen LogP contribution in [0.1, 0.15) is 36.2 Å². The average Bonchev–Trinajstić information content (AvgIpc) is 3.04. The number of aryl methyl sites for hydroxylation is 1. The summed E-state index contributed by atoms with van der Waals surface area (Å²) in [4.78, 5) is 37.6. The number of ether oxygens (including phenoxy) is 1. The lowest BCUT2D eigenvalue weighted by molar-refractivity contribution is -0.139. The van der Waals surface area contributed by atoms with Gasteiger partial charge in [0.05, 0.1) is 5.92 Å². The molecule has 0 spiro atoms. The standard InChI is InChI=1S/C21H21NO4/c1-3-15-4-8-18(9-5-15)22-13-17(12-20(22)24)21(25)26-19-10-6-16(7-11-19)14(2)23/h4-11,17H,3,12-13H2,1-2H3/t17-/m0/s1. The Balaban J connectivity index is 1.65. The summed E-state index contributed by atoms with van der Waals surface area (Å²) in [6.07, 6.45) is 1.07. The van der Waals surface area contributed by atoms with Crippen molar-refractivity contribution < 1.29 is 19.1 Å². The number of hydrogen-bond donors (Lipinski definition) is 0. The molecule has 1 heterocycles. The molecule has 2 aromatic rings. The number of ketones is 1. The highest BCUT2D eigenvalue weighted by molar-refractivity contribution is 5.99. The van der Waals surface area contributed by atoms with Gasteiger partial charge >= 0.3 is 5.97 Å². The van der Waals surface area contributed by atoms with Gasteiger partial charge in [-0.15, -0.1) is 0 Å². The third kappa shape index (κ3) is 3.82. The predicted molar refractivity (Wildman–Crippen MR) is 98.4 cm³/mol. The van der Waals surface area contributed by atoms with Crippen LogP contribution in [0, 0.1) is 5.92 Å². The second-order valence-corrected chi connectivity index (χ2v) is 6.43. The van der Waals surface area contributed by atoms with Crippen molar-refractivity contribution in [3.8, 4) is 5.75 Å². The maximum absolute atomic E-state index is 12.4. The fraction of sp³-hybridized carbons (Fsp3) is 0.286. The zero-order chi connectivity index (χ0) is 18.7. The van der Waals surface area contributed by atoms with Crippen molar-refractivity contribution in [1.29, 1.82) is 0 Å². The van der Waals surface area contributed by atoms with E-state index < -0.39 is 11.9 Å². The summed E-state index contributed by atoms with van der Waals surface area (Å²) in [5, 5.41) is 0. The van der Waals surface area contributed by atoms with Gasteiger partial charge in [0, 0.05) is 24.2 Å². The molecule has 0 bridgehead atoms. The van der Waals surface area contributed by atoms with Gasteiger partial charge in [0.15, 0.2) is 5.78 Å². The minimum atomic E-state index is -0.499. The van der Waals surface area contributed by atoms with E-state index in [9.17, 15) is 14.4 Å². The Morgan fingerprint density at radius 2 is 1.73 bits per heavy atom. The molecule has 0 saturated carbocycles. The fourth-order valence-corrected chi connectivity index (χ4v) is 2.98. The molecule has 5 heteroatoms. The molecule has 1 fully saturated rings. The summed E-state index contributed by atoms with van der Waals surface area (Å²) in [6, 6.07) is 14.2. The van der Waals surface area contributed by atoms with E-state index in [1.54, 1.807) is 29.2 Å². The first kappa shape index (κ1) is 17.9. The molecule has 1 saturated heterocycles.